The SMILES string of the molecule is CCN(CC)CCCNC(=O)c1ccc(Cc2cccc(OC(F)(F)F)c2)c(C)c1. The van der Waals surface area contributed by atoms with Gasteiger partial charge in [0.25, 0.3) is 5.91 Å². The highest BCUT2D eigenvalue weighted by Gasteiger charge is 2.31. The Balaban J connectivity index is 1.95. The van der Waals surface area contributed by atoms with Gasteiger partial charge in [0.15, 0.2) is 0 Å². The topological polar surface area (TPSA) is 41.6 Å². The monoisotopic (exact) mass is 422 g/mol. The molecule has 2 aromatic carbocycles. The number of amides is 1. The molecule has 30 heavy (non-hydrogen) atoms. The van der Waals surface area contributed by atoms with Crippen molar-refractivity contribution in [3.8, 4) is 5.75 Å². The van der Waals surface area contributed by atoms with Crippen LogP contribution in [0.4, 0.5) is 13.2 Å². The lowest BCUT2D eigenvalue weighted by Gasteiger charge is -2.17. The number of alkyl halides is 3. The summed E-state index contributed by atoms with van der Waals surface area (Å²) in [5.74, 6) is -0.358. The second-order valence-electron chi connectivity index (χ2n) is 7.15. The van der Waals surface area contributed by atoms with E-state index in [0.717, 1.165) is 37.2 Å². The molecule has 0 aliphatic carbocycles. The predicted molar refractivity (Wildman–Crippen MR) is 112 cm³/mol. The number of rotatable bonds is 10. The molecule has 2 aromatic rings. The van der Waals surface area contributed by atoms with Gasteiger partial charge in [-0.3, -0.25) is 4.79 Å². The van der Waals surface area contributed by atoms with Crippen LogP contribution in [0, 0.1) is 6.92 Å². The van der Waals surface area contributed by atoms with Crippen LogP contribution in [0.2, 0.25) is 0 Å². The van der Waals surface area contributed by atoms with Gasteiger partial charge < -0.3 is 15.0 Å². The summed E-state index contributed by atoms with van der Waals surface area (Å²) in [4.78, 5) is 14.7. The van der Waals surface area contributed by atoms with Crippen LogP contribution in [-0.2, 0) is 6.42 Å². The van der Waals surface area contributed by atoms with E-state index < -0.39 is 6.36 Å². The standard InChI is InChI=1S/C23H29F3N2O2/c1-4-28(5-2)13-7-12-27-22(29)20-11-10-19(17(3)14-20)15-18-8-6-9-21(16-18)30-23(24,25)26/h6,8-11,14,16H,4-5,7,12-13,15H2,1-3H3,(H,27,29). The Hall–Kier alpha value is -2.54. The van der Waals surface area contributed by atoms with Gasteiger partial charge in [-0.05, 0) is 80.4 Å². The lowest BCUT2D eigenvalue weighted by Crippen LogP contribution is -2.29. The number of benzene rings is 2. The van der Waals surface area contributed by atoms with Crippen molar-refractivity contribution in [3.05, 3.63) is 64.7 Å². The second kappa shape index (κ2) is 11.0. The van der Waals surface area contributed by atoms with Gasteiger partial charge in [0.2, 0.25) is 0 Å². The Morgan fingerprint density at radius 2 is 1.83 bits per heavy atom. The molecule has 0 aliphatic rings. The van der Waals surface area contributed by atoms with Gasteiger partial charge in [0.1, 0.15) is 5.75 Å². The minimum absolute atomic E-state index is 0.121. The molecule has 0 unspecified atom stereocenters. The number of hydrogen-bond acceptors (Lipinski definition) is 3. The van der Waals surface area contributed by atoms with Gasteiger partial charge in [-0.2, -0.15) is 0 Å². The summed E-state index contributed by atoms with van der Waals surface area (Å²) in [7, 11) is 0. The molecule has 1 N–H and O–H groups in total. The number of nitrogens with one attached hydrogen (secondary N) is 1. The Labute approximate surface area is 176 Å². The van der Waals surface area contributed by atoms with Crippen LogP contribution in [0.1, 0.15) is 47.3 Å². The number of hydrogen-bond donors (Lipinski definition) is 1. The number of ether oxygens (including phenoxy) is 1. The Morgan fingerprint density at radius 1 is 1.10 bits per heavy atom. The van der Waals surface area contributed by atoms with Crippen LogP contribution in [-0.4, -0.2) is 43.3 Å². The maximum absolute atomic E-state index is 12.4. The van der Waals surface area contributed by atoms with Crippen molar-refractivity contribution in [3.63, 3.8) is 0 Å². The highest BCUT2D eigenvalue weighted by Crippen LogP contribution is 2.25. The lowest BCUT2D eigenvalue weighted by molar-refractivity contribution is -0.274. The van der Waals surface area contributed by atoms with Crippen molar-refractivity contribution in [2.75, 3.05) is 26.2 Å². The van der Waals surface area contributed by atoms with Gasteiger partial charge >= 0.3 is 6.36 Å². The molecule has 1 amide bonds. The molecular weight excluding hydrogens is 393 g/mol. The summed E-state index contributed by atoms with van der Waals surface area (Å²) in [6.45, 7) is 9.68. The predicted octanol–water partition coefficient (Wildman–Crippen LogP) is 4.95. The van der Waals surface area contributed by atoms with E-state index in [4.69, 9.17) is 0 Å². The fraction of sp³-hybridized carbons (Fsp3) is 0.435. The number of aryl methyl sites for hydroxylation is 1. The highest BCUT2D eigenvalue weighted by atomic mass is 19.4. The summed E-state index contributed by atoms with van der Waals surface area (Å²) >= 11 is 0. The average Bonchev–Trinajstić information content (AvgIpc) is 2.68. The maximum Gasteiger partial charge on any atom is 0.573 e. The third kappa shape index (κ3) is 7.71. The molecular formula is C23H29F3N2O2. The van der Waals surface area contributed by atoms with Crippen molar-refractivity contribution in [1.29, 1.82) is 0 Å². The molecule has 2 rings (SSSR count). The molecule has 0 heterocycles. The van der Waals surface area contributed by atoms with Gasteiger partial charge in [-0.1, -0.05) is 32.0 Å². The fourth-order valence-electron chi connectivity index (χ4n) is 3.25. The van der Waals surface area contributed by atoms with E-state index in [9.17, 15) is 18.0 Å². The summed E-state index contributed by atoms with van der Waals surface area (Å²) in [5, 5.41) is 2.94. The fourth-order valence-corrected chi connectivity index (χ4v) is 3.25. The molecule has 0 saturated heterocycles. The summed E-state index contributed by atoms with van der Waals surface area (Å²) in [6, 6.07) is 11.3. The van der Waals surface area contributed by atoms with Gasteiger partial charge in [0, 0.05) is 12.1 Å². The van der Waals surface area contributed by atoms with Gasteiger partial charge in [-0.15, -0.1) is 13.2 Å². The molecule has 0 spiro atoms. The van der Waals surface area contributed by atoms with E-state index in [2.05, 4.69) is 28.8 Å². The van der Waals surface area contributed by atoms with E-state index in [-0.39, 0.29) is 11.7 Å². The number of halogens is 3. The molecule has 0 aromatic heterocycles. The second-order valence-corrected chi connectivity index (χ2v) is 7.15. The zero-order valence-corrected chi connectivity index (χ0v) is 17.7. The molecule has 0 aliphatic heterocycles. The molecule has 0 radical (unpaired) electrons. The normalized spacial score (nSPS) is 11.6. The first-order valence-electron chi connectivity index (χ1n) is 10.2. The molecule has 0 atom stereocenters. The van der Waals surface area contributed by atoms with Gasteiger partial charge in [0.05, 0.1) is 0 Å². The number of nitrogens with zero attached hydrogens (tertiary/aromatic N) is 1. The van der Waals surface area contributed by atoms with E-state index in [0.29, 0.717) is 24.1 Å². The van der Waals surface area contributed by atoms with E-state index in [1.807, 2.05) is 19.1 Å². The molecule has 7 heteroatoms. The minimum Gasteiger partial charge on any atom is -0.406 e. The Morgan fingerprint density at radius 3 is 2.47 bits per heavy atom. The van der Waals surface area contributed by atoms with Crippen LogP contribution in [0.5, 0.6) is 5.75 Å². The van der Waals surface area contributed by atoms with Crippen molar-refractivity contribution in [2.24, 2.45) is 0 Å². The Kier molecular flexibility index (Phi) is 8.72. The first-order chi connectivity index (χ1) is 14.2. The molecule has 164 valence electrons. The molecule has 0 fully saturated rings. The highest BCUT2D eigenvalue weighted by molar-refractivity contribution is 5.94. The zero-order valence-electron chi connectivity index (χ0n) is 17.7. The summed E-state index contributed by atoms with van der Waals surface area (Å²) < 4.78 is 41.2. The van der Waals surface area contributed by atoms with Crippen molar-refractivity contribution in [1.82, 2.24) is 10.2 Å². The van der Waals surface area contributed by atoms with Crippen molar-refractivity contribution >= 4 is 5.91 Å². The average molecular weight is 422 g/mol. The first kappa shape index (κ1) is 23.7. The lowest BCUT2D eigenvalue weighted by atomic mass is 9.98. The maximum atomic E-state index is 12.4. The van der Waals surface area contributed by atoms with Crippen LogP contribution in [0.3, 0.4) is 0 Å². The third-order valence-electron chi connectivity index (χ3n) is 4.96. The van der Waals surface area contributed by atoms with Crippen LogP contribution < -0.4 is 10.1 Å². The number of carbonyl (C=O) groups excluding carboxylic acids is 1. The molecule has 0 bridgehead atoms. The zero-order chi connectivity index (χ0) is 22.1. The molecule has 0 saturated carbocycles. The number of carbonyl (C=O) groups is 1. The Bertz CT molecular complexity index is 833. The largest absolute Gasteiger partial charge is 0.573 e. The summed E-state index contributed by atoms with van der Waals surface area (Å²) in [5.41, 5.74) is 3.13. The van der Waals surface area contributed by atoms with Crippen LogP contribution >= 0.6 is 0 Å². The quantitative estimate of drug-likeness (QED) is 0.551. The smallest absolute Gasteiger partial charge is 0.406 e. The van der Waals surface area contributed by atoms with Crippen molar-refractivity contribution < 1.29 is 22.7 Å². The minimum atomic E-state index is -4.71. The third-order valence-corrected chi connectivity index (χ3v) is 4.96. The van der Waals surface area contributed by atoms with Crippen LogP contribution in [0.15, 0.2) is 42.5 Å². The first-order valence-corrected chi connectivity index (χ1v) is 10.2. The van der Waals surface area contributed by atoms with Gasteiger partial charge in [-0.25, -0.2) is 0 Å². The van der Waals surface area contributed by atoms with Crippen molar-refractivity contribution in [2.45, 2.75) is 40.0 Å². The van der Waals surface area contributed by atoms with E-state index in [1.54, 1.807) is 12.1 Å². The van der Waals surface area contributed by atoms with Crippen LogP contribution in [0.25, 0.3) is 0 Å². The van der Waals surface area contributed by atoms with E-state index in [1.165, 1.54) is 18.2 Å². The summed E-state index contributed by atoms with van der Waals surface area (Å²) in [6.07, 6.45) is -3.37. The molecule has 4 nitrogen and oxygen atoms in total. The van der Waals surface area contributed by atoms with E-state index >= 15 is 0 Å².